The van der Waals surface area contributed by atoms with Crippen LogP contribution in [0.4, 0.5) is 0 Å². The molecule has 4 rings (SSSR count). The van der Waals surface area contributed by atoms with E-state index in [9.17, 15) is 0 Å². The van der Waals surface area contributed by atoms with Crippen LogP contribution in [0.3, 0.4) is 0 Å². The van der Waals surface area contributed by atoms with Crippen molar-refractivity contribution in [2.75, 3.05) is 6.79 Å². The lowest BCUT2D eigenvalue weighted by molar-refractivity contribution is 0.174. The van der Waals surface area contributed by atoms with Crippen LogP contribution < -0.4 is 9.47 Å². The highest BCUT2D eigenvalue weighted by atomic mass is 16.7. The molecule has 1 fully saturated rings. The number of rotatable bonds is 6. The smallest absolute Gasteiger partial charge is 0.231 e. The van der Waals surface area contributed by atoms with Gasteiger partial charge in [0.1, 0.15) is 0 Å². The Morgan fingerprint density at radius 3 is 2.91 bits per heavy atom. The summed E-state index contributed by atoms with van der Waals surface area (Å²) in [7, 11) is 0. The largest absolute Gasteiger partial charge is 0.454 e. The molecular weight excluding hydrogens is 278 g/mol. The molecule has 0 bridgehead atoms. The monoisotopic (exact) mass is 299 g/mol. The van der Waals surface area contributed by atoms with Crippen LogP contribution in [-0.4, -0.2) is 27.3 Å². The highest BCUT2D eigenvalue weighted by Crippen LogP contribution is 2.35. The van der Waals surface area contributed by atoms with Crippen molar-refractivity contribution in [3.05, 3.63) is 42.0 Å². The normalized spacial score (nSPS) is 16.5. The van der Waals surface area contributed by atoms with Gasteiger partial charge in [-0.25, -0.2) is 4.98 Å². The molecule has 22 heavy (non-hydrogen) atoms. The second kappa shape index (κ2) is 5.65. The van der Waals surface area contributed by atoms with Crippen molar-refractivity contribution in [3.63, 3.8) is 0 Å². The molecule has 0 unspecified atom stereocenters. The van der Waals surface area contributed by atoms with Gasteiger partial charge in [0, 0.05) is 31.9 Å². The van der Waals surface area contributed by atoms with Crippen LogP contribution >= 0.6 is 0 Å². The Morgan fingerprint density at radius 1 is 1.23 bits per heavy atom. The van der Waals surface area contributed by atoms with Gasteiger partial charge in [-0.2, -0.15) is 0 Å². The Bertz CT molecular complexity index is 664. The molecule has 0 radical (unpaired) electrons. The quantitative estimate of drug-likeness (QED) is 0.822. The Balaban J connectivity index is 1.50. The van der Waals surface area contributed by atoms with Gasteiger partial charge in [0.05, 0.1) is 12.0 Å². The molecule has 1 aromatic carbocycles. The Hall–Kier alpha value is -2.01. The summed E-state index contributed by atoms with van der Waals surface area (Å²) in [5.74, 6) is 1.72. The number of nitrogens with zero attached hydrogens (tertiary/aromatic N) is 3. The lowest BCUT2D eigenvalue weighted by atomic mass is 10.2. The third kappa shape index (κ3) is 2.68. The third-order valence-electron chi connectivity index (χ3n) is 4.39. The predicted octanol–water partition coefficient (Wildman–Crippen LogP) is 2.80. The zero-order chi connectivity index (χ0) is 14.9. The van der Waals surface area contributed by atoms with Crippen LogP contribution in [0, 0.1) is 0 Å². The van der Waals surface area contributed by atoms with Gasteiger partial charge >= 0.3 is 0 Å². The number of hydrogen-bond donors (Lipinski definition) is 0. The Kier molecular flexibility index (Phi) is 3.50. The number of imidazole rings is 1. The molecule has 5 heteroatoms. The third-order valence-corrected chi connectivity index (χ3v) is 4.39. The summed E-state index contributed by atoms with van der Waals surface area (Å²) in [6.07, 6.45) is 6.50. The van der Waals surface area contributed by atoms with Crippen molar-refractivity contribution in [1.29, 1.82) is 0 Å². The van der Waals surface area contributed by atoms with Crippen LogP contribution in [0.2, 0.25) is 0 Å². The van der Waals surface area contributed by atoms with Crippen molar-refractivity contribution in [1.82, 2.24) is 14.5 Å². The molecule has 0 spiro atoms. The second-order valence-corrected chi connectivity index (χ2v) is 5.99. The molecule has 0 amide bonds. The maximum atomic E-state index is 5.48. The van der Waals surface area contributed by atoms with Gasteiger partial charge < -0.3 is 14.0 Å². The van der Waals surface area contributed by atoms with Crippen LogP contribution in [0.15, 0.2) is 30.7 Å². The van der Waals surface area contributed by atoms with Crippen molar-refractivity contribution in [2.45, 2.75) is 45.4 Å². The van der Waals surface area contributed by atoms with Crippen LogP contribution in [0.1, 0.15) is 31.0 Å². The molecule has 1 aliphatic carbocycles. The SMILES string of the molecule is CCn1cncc1CN(Cc1ccc2c(c1)OCO2)C1CC1. The second-order valence-electron chi connectivity index (χ2n) is 5.99. The fourth-order valence-electron chi connectivity index (χ4n) is 3.00. The maximum absolute atomic E-state index is 5.48. The van der Waals surface area contributed by atoms with E-state index in [0.717, 1.165) is 31.1 Å². The molecule has 0 N–H and O–H groups in total. The zero-order valence-electron chi connectivity index (χ0n) is 12.9. The van der Waals surface area contributed by atoms with Crippen LogP contribution in [0.25, 0.3) is 0 Å². The number of aryl methyl sites for hydroxylation is 1. The van der Waals surface area contributed by atoms with Gasteiger partial charge in [-0.15, -0.1) is 0 Å². The van der Waals surface area contributed by atoms with Crippen LogP contribution in [0.5, 0.6) is 11.5 Å². The summed E-state index contributed by atoms with van der Waals surface area (Å²) in [4.78, 5) is 6.82. The molecule has 2 heterocycles. The average Bonchev–Trinajstić information content (AvgIpc) is 3.11. The van der Waals surface area contributed by atoms with E-state index in [1.165, 1.54) is 24.1 Å². The fourth-order valence-corrected chi connectivity index (χ4v) is 3.00. The minimum Gasteiger partial charge on any atom is -0.454 e. The van der Waals surface area contributed by atoms with E-state index in [1.54, 1.807) is 0 Å². The first-order valence-electron chi connectivity index (χ1n) is 7.95. The topological polar surface area (TPSA) is 39.5 Å². The van der Waals surface area contributed by atoms with Crippen LogP contribution in [-0.2, 0) is 19.6 Å². The summed E-state index contributed by atoms with van der Waals surface area (Å²) in [5, 5.41) is 0. The number of ether oxygens (including phenoxy) is 2. The van der Waals surface area contributed by atoms with E-state index in [-0.39, 0.29) is 0 Å². The van der Waals surface area contributed by atoms with Gasteiger partial charge in [0.2, 0.25) is 6.79 Å². The average molecular weight is 299 g/mol. The van der Waals surface area contributed by atoms with Crippen molar-refractivity contribution >= 4 is 0 Å². The summed E-state index contributed by atoms with van der Waals surface area (Å²) in [6, 6.07) is 6.96. The van der Waals surface area contributed by atoms with E-state index >= 15 is 0 Å². The van der Waals surface area contributed by atoms with Crippen molar-refractivity contribution < 1.29 is 9.47 Å². The highest BCUT2D eigenvalue weighted by Gasteiger charge is 2.30. The summed E-state index contributed by atoms with van der Waals surface area (Å²) < 4.78 is 13.1. The lowest BCUT2D eigenvalue weighted by Gasteiger charge is -2.22. The molecule has 0 saturated heterocycles. The first-order valence-corrected chi connectivity index (χ1v) is 7.95. The lowest BCUT2D eigenvalue weighted by Crippen LogP contribution is -2.26. The van der Waals surface area contributed by atoms with Gasteiger partial charge in [0.25, 0.3) is 0 Å². The summed E-state index contributed by atoms with van der Waals surface area (Å²) in [5.41, 5.74) is 2.56. The molecule has 116 valence electrons. The maximum Gasteiger partial charge on any atom is 0.231 e. The van der Waals surface area contributed by atoms with Crippen molar-refractivity contribution in [2.24, 2.45) is 0 Å². The van der Waals surface area contributed by atoms with E-state index in [4.69, 9.17) is 9.47 Å². The van der Waals surface area contributed by atoms with Gasteiger partial charge in [0.15, 0.2) is 11.5 Å². The van der Waals surface area contributed by atoms with E-state index in [1.807, 2.05) is 18.6 Å². The number of fused-ring (bicyclic) bond motifs is 1. The molecule has 2 aromatic rings. The summed E-state index contributed by atoms with van der Waals surface area (Å²) >= 11 is 0. The zero-order valence-corrected chi connectivity index (χ0v) is 12.9. The molecule has 1 aromatic heterocycles. The molecular formula is C17H21N3O2. The fraction of sp³-hybridized carbons (Fsp3) is 0.471. The van der Waals surface area contributed by atoms with Gasteiger partial charge in [-0.1, -0.05) is 6.07 Å². The van der Waals surface area contributed by atoms with Crippen molar-refractivity contribution in [3.8, 4) is 11.5 Å². The standard InChI is InChI=1S/C17H21N3O2/c1-2-19-11-18-8-15(19)10-20(14-4-5-14)9-13-3-6-16-17(7-13)22-12-21-16/h3,6-8,11,14H,2,4-5,9-10,12H2,1H3. The predicted molar refractivity (Wildman–Crippen MR) is 82.7 cm³/mol. The molecule has 1 aliphatic heterocycles. The Morgan fingerprint density at radius 2 is 2.09 bits per heavy atom. The summed E-state index contributed by atoms with van der Waals surface area (Å²) in [6.45, 7) is 5.35. The number of aromatic nitrogens is 2. The molecule has 2 aliphatic rings. The number of benzene rings is 1. The van der Waals surface area contributed by atoms with Gasteiger partial charge in [-0.05, 0) is 37.5 Å². The van der Waals surface area contributed by atoms with E-state index < -0.39 is 0 Å². The minimum absolute atomic E-state index is 0.334. The van der Waals surface area contributed by atoms with Gasteiger partial charge in [-0.3, -0.25) is 4.90 Å². The van der Waals surface area contributed by atoms with E-state index in [0.29, 0.717) is 12.8 Å². The van der Waals surface area contributed by atoms with E-state index in [2.05, 4.69) is 33.5 Å². The highest BCUT2D eigenvalue weighted by molar-refractivity contribution is 5.44. The first-order chi connectivity index (χ1) is 10.8. The minimum atomic E-state index is 0.334. The molecule has 1 saturated carbocycles. The number of hydrogen-bond acceptors (Lipinski definition) is 4. The molecule has 0 atom stereocenters. The first kappa shape index (κ1) is 13.6. The molecule has 5 nitrogen and oxygen atoms in total. The Labute approximate surface area is 130 Å².